The molecule has 0 fully saturated rings. The second kappa shape index (κ2) is 28.4. The van der Waals surface area contributed by atoms with E-state index in [1.807, 2.05) is 0 Å². The van der Waals surface area contributed by atoms with E-state index in [1.54, 1.807) is 0 Å². The Labute approximate surface area is 252 Å². The number of hydrogen-bond acceptors (Lipinski definition) is 4. The maximum atomic E-state index is 12.4. The molecule has 2 atom stereocenters. The first-order valence-electron chi connectivity index (χ1n) is 16.3. The van der Waals surface area contributed by atoms with Crippen LogP contribution in [0.15, 0.2) is 48.6 Å². The van der Waals surface area contributed by atoms with Crippen molar-refractivity contribution in [1.82, 2.24) is 5.32 Å². The smallest absolute Gasteiger partial charge is 0.266 e. The van der Waals surface area contributed by atoms with Crippen LogP contribution in [0.25, 0.3) is 0 Å². The van der Waals surface area contributed by atoms with E-state index in [9.17, 15) is 22.9 Å². The Hall–Kier alpha value is -1.70. The third-order valence-electron chi connectivity index (χ3n) is 7.05. The first kappa shape index (κ1) is 39.3. The van der Waals surface area contributed by atoms with E-state index in [1.165, 1.54) is 38.5 Å². The first-order chi connectivity index (χ1) is 19.8. The van der Waals surface area contributed by atoms with Crippen molar-refractivity contribution in [2.45, 2.75) is 154 Å². The molecule has 0 rings (SSSR count). The SMILES string of the molecule is CC/C=C\C/C=C\C/C=C\C/C=C\CCCCCCCCC(=O)NC(CS(=O)(=O)O)C(O)CCCCCCCCC. The molecule has 1 amide bonds. The number of aliphatic hydroxyl groups is 1. The standard InChI is InChI=1S/C34H61NO5S/c1-3-5-7-9-11-12-13-14-15-16-17-18-19-20-21-22-24-26-28-30-34(37)35-32(31-41(38,39)40)33(36)29-27-25-23-10-8-6-4-2/h5,7,11-12,14-15,17-18,32-33,36H,3-4,6,8-10,13,16,19-31H2,1-2H3,(H,35,37)(H,38,39,40)/b7-5-,12-11-,15-14-,18-17-. The van der Waals surface area contributed by atoms with E-state index >= 15 is 0 Å². The van der Waals surface area contributed by atoms with Crippen molar-refractivity contribution in [3.05, 3.63) is 48.6 Å². The van der Waals surface area contributed by atoms with Crippen molar-refractivity contribution < 1.29 is 22.9 Å². The normalized spacial score (nSPS) is 14.1. The summed E-state index contributed by atoms with van der Waals surface area (Å²) in [5, 5.41) is 13.1. The molecule has 0 saturated heterocycles. The van der Waals surface area contributed by atoms with Crippen LogP contribution in [0.5, 0.6) is 0 Å². The number of amides is 1. The van der Waals surface area contributed by atoms with Crippen LogP contribution in [0.3, 0.4) is 0 Å². The molecular weight excluding hydrogens is 534 g/mol. The number of carbonyl (C=O) groups excluding carboxylic acids is 1. The molecule has 7 heteroatoms. The van der Waals surface area contributed by atoms with Crippen molar-refractivity contribution in [1.29, 1.82) is 0 Å². The number of rotatable bonds is 28. The molecule has 0 aromatic heterocycles. The first-order valence-corrected chi connectivity index (χ1v) is 17.9. The van der Waals surface area contributed by atoms with Crippen LogP contribution in [-0.2, 0) is 14.9 Å². The van der Waals surface area contributed by atoms with E-state index in [0.29, 0.717) is 12.8 Å². The number of carbonyl (C=O) groups is 1. The Kier molecular flexibility index (Phi) is 27.2. The third kappa shape index (κ3) is 29.6. The molecule has 238 valence electrons. The van der Waals surface area contributed by atoms with Crippen molar-refractivity contribution in [2.24, 2.45) is 0 Å². The monoisotopic (exact) mass is 595 g/mol. The van der Waals surface area contributed by atoms with Gasteiger partial charge in [0.1, 0.15) is 0 Å². The molecule has 0 aromatic rings. The summed E-state index contributed by atoms with van der Waals surface area (Å²) in [6, 6.07) is -0.976. The van der Waals surface area contributed by atoms with E-state index in [4.69, 9.17) is 0 Å². The highest BCUT2D eigenvalue weighted by Crippen LogP contribution is 2.13. The Morgan fingerprint density at radius 2 is 1.17 bits per heavy atom. The molecular formula is C34H61NO5S. The fourth-order valence-corrected chi connectivity index (χ4v) is 5.38. The second-order valence-corrected chi connectivity index (χ2v) is 12.6. The number of allylic oxidation sites excluding steroid dienone is 8. The molecule has 0 aliphatic heterocycles. The van der Waals surface area contributed by atoms with Gasteiger partial charge >= 0.3 is 0 Å². The van der Waals surface area contributed by atoms with Gasteiger partial charge in [-0.1, -0.05) is 133 Å². The van der Waals surface area contributed by atoms with Gasteiger partial charge in [-0.15, -0.1) is 0 Å². The van der Waals surface area contributed by atoms with Gasteiger partial charge in [0.15, 0.2) is 0 Å². The van der Waals surface area contributed by atoms with Gasteiger partial charge in [0.05, 0.1) is 17.9 Å². The van der Waals surface area contributed by atoms with Crippen LogP contribution in [0.4, 0.5) is 0 Å². The van der Waals surface area contributed by atoms with E-state index in [-0.39, 0.29) is 5.91 Å². The quantitative estimate of drug-likeness (QED) is 0.0476. The van der Waals surface area contributed by atoms with Gasteiger partial charge in [-0.3, -0.25) is 9.35 Å². The molecule has 0 spiro atoms. The predicted molar refractivity (Wildman–Crippen MR) is 175 cm³/mol. The van der Waals surface area contributed by atoms with Gasteiger partial charge in [-0.05, 0) is 51.4 Å². The Morgan fingerprint density at radius 1 is 0.683 bits per heavy atom. The molecule has 0 aliphatic carbocycles. The average molecular weight is 596 g/mol. The summed E-state index contributed by atoms with van der Waals surface area (Å²) in [6.07, 6.45) is 36.5. The zero-order chi connectivity index (χ0) is 30.4. The van der Waals surface area contributed by atoms with E-state index in [2.05, 4.69) is 67.8 Å². The van der Waals surface area contributed by atoms with Gasteiger partial charge in [-0.25, -0.2) is 0 Å². The molecule has 0 aliphatic rings. The number of unbranched alkanes of at least 4 members (excludes halogenated alkanes) is 12. The minimum atomic E-state index is -4.30. The molecule has 0 saturated carbocycles. The van der Waals surface area contributed by atoms with E-state index in [0.717, 1.165) is 77.0 Å². The maximum Gasteiger partial charge on any atom is 0.266 e. The minimum Gasteiger partial charge on any atom is -0.391 e. The molecule has 41 heavy (non-hydrogen) atoms. The summed E-state index contributed by atoms with van der Waals surface area (Å²) < 4.78 is 32.1. The van der Waals surface area contributed by atoms with E-state index < -0.39 is 28.0 Å². The molecule has 0 aromatic carbocycles. The molecule has 3 N–H and O–H groups in total. The van der Waals surface area contributed by atoms with Crippen molar-refractivity contribution >= 4 is 16.0 Å². The Balaban J connectivity index is 3.94. The highest BCUT2D eigenvalue weighted by molar-refractivity contribution is 7.85. The van der Waals surface area contributed by atoms with Gasteiger partial charge < -0.3 is 10.4 Å². The third-order valence-corrected chi connectivity index (χ3v) is 7.83. The van der Waals surface area contributed by atoms with Gasteiger partial charge in [-0.2, -0.15) is 8.42 Å². The van der Waals surface area contributed by atoms with Gasteiger partial charge in [0, 0.05) is 6.42 Å². The molecule has 0 bridgehead atoms. The van der Waals surface area contributed by atoms with Crippen LogP contribution >= 0.6 is 0 Å². The van der Waals surface area contributed by atoms with Crippen LogP contribution in [0.2, 0.25) is 0 Å². The summed E-state index contributed by atoms with van der Waals surface area (Å²) in [5.41, 5.74) is 0. The summed E-state index contributed by atoms with van der Waals surface area (Å²) in [5.74, 6) is -0.924. The predicted octanol–water partition coefficient (Wildman–Crippen LogP) is 8.79. The van der Waals surface area contributed by atoms with Crippen molar-refractivity contribution in [2.75, 3.05) is 5.75 Å². The average Bonchev–Trinajstić information content (AvgIpc) is 2.92. The summed E-state index contributed by atoms with van der Waals surface area (Å²) in [7, 11) is -4.30. The Bertz CT molecular complexity index is 832. The zero-order valence-corrected chi connectivity index (χ0v) is 27.0. The minimum absolute atomic E-state index is 0.267. The molecule has 0 radical (unpaired) electrons. The lowest BCUT2D eigenvalue weighted by Crippen LogP contribution is -2.47. The highest BCUT2D eigenvalue weighted by atomic mass is 32.2. The summed E-state index contributed by atoms with van der Waals surface area (Å²) in [6.45, 7) is 4.32. The second-order valence-electron chi connectivity index (χ2n) is 11.1. The number of aliphatic hydroxyl groups excluding tert-OH is 1. The van der Waals surface area contributed by atoms with Crippen LogP contribution in [0.1, 0.15) is 142 Å². The topological polar surface area (TPSA) is 104 Å². The maximum absolute atomic E-state index is 12.4. The highest BCUT2D eigenvalue weighted by Gasteiger charge is 2.26. The fraction of sp³-hybridized carbons (Fsp3) is 0.735. The summed E-state index contributed by atoms with van der Waals surface area (Å²) in [4.78, 5) is 12.4. The fourth-order valence-electron chi connectivity index (χ4n) is 4.62. The molecule has 0 heterocycles. The zero-order valence-electron chi connectivity index (χ0n) is 26.2. The van der Waals surface area contributed by atoms with Gasteiger partial charge in [0.25, 0.3) is 10.1 Å². The lowest BCUT2D eigenvalue weighted by molar-refractivity contribution is -0.122. The van der Waals surface area contributed by atoms with Crippen LogP contribution < -0.4 is 5.32 Å². The van der Waals surface area contributed by atoms with Crippen LogP contribution in [0, 0.1) is 0 Å². The number of nitrogens with one attached hydrogen (secondary N) is 1. The lowest BCUT2D eigenvalue weighted by atomic mass is 10.0. The van der Waals surface area contributed by atoms with Crippen LogP contribution in [-0.4, -0.2) is 41.9 Å². The molecule has 6 nitrogen and oxygen atoms in total. The largest absolute Gasteiger partial charge is 0.391 e. The lowest BCUT2D eigenvalue weighted by Gasteiger charge is -2.23. The summed E-state index contributed by atoms with van der Waals surface area (Å²) >= 11 is 0. The Morgan fingerprint density at radius 3 is 1.73 bits per heavy atom. The van der Waals surface area contributed by atoms with Crippen molar-refractivity contribution in [3.63, 3.8) is 0 Å². The number of hydrogen-bond donors (Lipinski definition) is 3. The van der Waals surface area contributed by atoms with Gasteiger partial charge in [0.2, 0.25) is 5.91 Å². The van der Waals surface area contributed by atoms with Crippen molar-refractivity contribution in [3.8, 4) is 0 Å². The molecule has 2 unspecified atom stereocenters.